The minimum atomic E-state index is 0.424. The summed E-state index contributed by atoms with van der Waals surface area (Å²) in [6, 6.07) is 0. The predicted octanol–water partition coefficient (Wildman–Crippen LogP) is 3.65. The zero-order valence-corrected chi connectivity index (χ0v) is 14.2. The Morgan fingerprint density at radius 3 is 2.40 bits per heavy atom. The monoisotopic (exact) mass is 296 g/mol. The first kappa shape index (κ1) is 16.4. The van der Waals surface area contributed by atoms with Crippen molar-refractivity contribution in [2.24, 2.45) is 11.8 Å². The van der Waals surface area contributed by atoms with E-state index in [-0.39, 0.29) is 0 Å². The van der Waals surface area contributed by atoms with Gasteiger partial charge in [-0.2, -0.15) is 12.6 Å². The van der Waals surface area contributed by atoms with Crippen LogP contribution >= 0.6 is 12.6 Å². The van der Waals surface area contributed by atoms with Gasteiger partial charge in [0, 0.05) is 18.5 Å². The summed E-state index contributed by atoms with van der Waals surface area (Å²) in [7, 11) is 0. The summed E-state index contributed by atoms with van der Waals surface area (Å²) in [4.78, 5) is 5.21. The molecule has 0 aromatic heterocycles. The zero-order chi connectivity index (χ0) is 14.5. The van der Waals surface area contributed by atoms with Crippen molar-refractivity contribution in [1.82, 2.24) is 9.80 Å². The van der Waals surface area contributed by atoms with E-state index in [0.717, 1.165) is 11.8 Å². The number of rotatable bonds is 6. The van der Waals surface area contributed by atoms with Crippen molar-refractivity contribution in [3.8, 4) is 0 Å². The summed E-state index contributed by atoms with van der Waals surface area (Å²) in [6.07, 6.45) is 6.74. The van der Waals surface area contributed by atoms with Crippen LogP contribution in [0.5, 0.6) is 0 Å². The van der Waals surface area contributed by atoms with Gasteiger partial charge in [-0.05, 0) is 77.4 Å². The highest BCUT2D eigenvalue weighted by atomic mass is 32.1. The summed E-state index contributed by atoms with van der Waals surface area (Å²) >= 11 is 4.56. The Morgan fingerprint density at radius 1 is 1.20 bits per heavy atom. The molecule has 2 fully saturated rings. The molecule has 2 heterocycles. The number of nitrogens with zero attached hydrogens (tertiary/aromatic N) is 2. The van der Waals surface area contributed by atoms with E-state index in [1.54, 1.807) is 0 Å². The number of thiol groups is 1. The van der Waals surface area contributed by atoms with Crippen molar-refractivity contribution in [1.29, 1.82) is 0 Å². The number of likely N-dealkylation sites (tertiary alicyclic amines) is 2. The topological polar surface area (TPSA) is 6.48 Å². The van der Waals surface area contributed by atoms with Crippen LogP contribution in [0.4, 0.5) is 0 Å². The second-order valence-electron chi connectivity index (χ2n) is 7.02. The van der Waals surface area contributed by atoms with E-state index < -0.39 is 0 Å². The van der Waals surface area contributed by atoms with Gasteiger partial charge in [-0.15, -0.1) is 6.58 Å². The lowest BCUT2D eigenvalue weighted by Gasteiger charge is -2.33. The second-order valence-corrected chi connectivity index (χ2v) is 7.77. The molecule has 0 amide bonds. The molecule has 2 aliphatic heterocycles. The van der Waals surface area contributed by atoms with E-state index in [9.17, 15) is 0 Å². The lowest BCUT2D eigenvalue weighted by molar-refractivity contribution is 0.156. The van der Waals surface area contributed by atoms with Crippen molar-refractivity contribution < 1.29 is 0 Å². The third-order valence-corrected chi connectivity index (χ3v) is 5.38. The number of piperidine rings is 1. The van der Waals surface area contributed by atoms with Crippen LogP contribution in [0.1, 0.15) is 46.0 Å². The Morgan fingerprint density at radius 2 is 1.85 bits per heavy atom. The van der Waals surface area contributed by atoms with Gasteiger partial charge >= 0.3 is 0 Å². The smallest absolute Gasteiger partial charge is 0.0499 e. The molecule has 2 nitrogen and oxygen atoms in total. The minimum absolute atomic E-state index is 0.424. The first-order valence-electron chi connectivity index (χ1n) is 8.33. The third-order valence-electron chi connectivity index (χ3n) is 5.05. The molecule has 0 aromatic rings. The average Bonchev–Trinajstić information content (AvgIpc) is 2.86. The van der Waals surface area contributed by atoms with Crippen molar-refractivity contribution in [2.75, 3.05) is 32.7 Å². The quantitative estimate of drug-likeness (QED) is 0.590. The molecule has 2 atom stereocenters. The third kappa shape index (κ3) is 5.09. The summed E-state index contributed by atoms with van der Waals surface area (Å²) < 4.78 is 0. The number of allylic oxidation sites excluding steroid dienone is 1. The van der Waals surface area contributed by atoms with Crippen molar-refractivity contribution >= 4 is 12.6 Å². The fourth-order valence-corrected chi connectivity index (χ4v) is 3.83. The molecule has 0 saturated carbocycles. The van der Waals surface area contributed by atoms with Gasteiger partial charge < -0.3 is 4.90 Å². The van der Waals surface area contributed by atoms with Crippen molar-refractivity contribution in [2.45, 2.75) is 51.3 Å². The van der Waals surface area contributed by atoms with Crippen LogP contribution in [-0.4, -0.2) is 47.9 Å². The molecule has 0 aromatic carbocycles. The Labute approximate surface area is 131 Å². The molecule has 0 N–H and O–H groups in total. The second kappa shape index (κ2) is 7.86. The summed E-state index contributed by atoms with van der Waals surface area (Å²) in [6.45, 7) is 14.8. The van der Waals surface area contributed by atoms with Gasteiger partial charge in [0.2, 0.25) is 0 Å². The Hall–Kier alpha value is 0.0100. The predicted molar refractivity (Wildman–Crippen MR) is 91.3 cm³/mol. The molecule has 116 valence electrons. The molecule has 0 bridgehead atoms. The standard InChI is InChI=1S/C17H32N2S/c1-14(2)4-5-16-6-9-18(10-7-16)12-17-8-11-19(13-17)15(3)20/h15-17,20H,1,4-13H2,2-3H3. The molecular weight excluding hydrogens is 264 g/mol. The van der Waals surface area contributed by atoms with Crippen LogP contribution in [0, 0.1) is 11.8 Å². The lowest BCUT2D eigenvalue weighted by atomic mass is 9.90. The average molecular weight is 297 g/mol. The van der Waals surface area contributed by atoms with Crippen LogP contribution in [-0.2, 0) is 0 Å². The molecule has 2 aliphatic rings. The van der Waals surface area contributed by atoms with E-state index >= 15 is 0 Å². The highest BCUT2D eigenvalue weighted by molar-refractivity contribution is 7.80. The first-order chi connectivity index (χ1) is 9.54. The lowest BCUT2D eigenvalue weighted by Crippen LogP contribution is -2.38. The fourth-order valence-electron chi connectivity index (χ4n) is 3.62. The highest BCUT2D eigenvalue weighted by Gasteiger charge is 2.27. The van der Waals surface area contributed by atoms with Crippen LogP contribution in [0.25, 0.3) is 0 Å². The molecule has 0 radical (unpaired) electrons. The fraction of sp³-hybridized carbons (Fsp3) is 0.882. The van der Waals surface area contributed by atoms with Gasteiger partial charge in [0.25, 0.3) is 0 Å². The molecular formula is C17H32N2S. The maximum atomic E-state index is 4.56. The summed E-state index contributed by atoms with van der Waals surface area (Å²) in [5.74, 6) is 1.82. The zero-order valence-electron chi connectivity index (χ0n) is 13.4. The first-order valence-corrected chi connectivity index (χ1v) is 8.85. The van der Waals surface area contributed by atoms with Gasteiger partial charge in [0.05, 0.1) is 0 Å². The number of hydrogen-bond acceptors (Lipinski definition) is 3. The van der Waals surface area contributed by atoms with E-state index in [2.05, 4.69) is 42.9 Å². The molecule has 2 rings (SSSR count). The molecule has 3 heteroatoms. The Bertz CT molecular complexity index is 308. The van der Waals surface area contributed by atoms with Gasteiger partial charge in [-0.3, -0.25) is 4.90 Å². The molecule has 2 saturated heterocycles. The van der Waals surface area contributed by atoms with Gasteiger partial charge in [0.1, 0.15) is 0 Å². The molecule has 2 unspecified atom stereocenters. The summed E-state index contributed by atoms with van der Waals surface area (Å²) in [5, 5.41) is 0.424. The molecule has 0 aliphatic carbocycles. The van der Waals surface area contributed by atoms with Crippen LogP contribution < -0.4 is 0 Å². The Balaban J connectivity index is 1.64. The van der Waals surface area contributed by atoms with Crippen molar-refractivity contribution in [3.05, 3.63) is 12.2 Å². The normalized spacial score (nSPS) is 27.9. The minimum Gasteiger partial charge on any atom is -0.303 e. The van der Waals surface area contributed by atoms with E-state index in [4.69, 9.17) is 0 Å². The van der Waals surface area contributed by atoms with E-state index in [1.807, 2.05) is 0 Å². The summed E-state index contributed by atoms with van der Waals surface area (Å²) in [5.41, 5.74) is 1.35. The molecule has 20 heavy (non-hydrogen) atoms. The molecule has 0 spiro atoms. The maximum Gasteiger partial charge on any atom is 0.0499 e. The maximum absolute atomic E-state index is 4.56. The SMILES string of the molecule is C=C(C)CCC1CCN(CC2CCN(C(C)S)C2)CC1. The van der Waals surface area contributed by atoms with Crippen LogP contribution in [0.15, 0.2) is 12.2 Å². The largest absolute Gasteiger partial charge is 0.303 e. The Kier molecular flexibility index (Phi) is 6.44. The van der Waals surface area contributed by atoms with Gasteiger partial charge in [-0.1, -0.05) is 5.57 Å². The van der Waals surface area contributed by atoms with Gasteiger partial charge in [0.15, 0.2) is 0 Å². The van der Waals surface area contributed by atoms with E-state index in [1.165, 1.54) is 70.4 Å². The van der Waals surface area contributed by atoms with Crippen molar-refractivity contribution in [3.63, 3.8) is 0 Å². The van der Waals surface area contributed by atoms with Crippen LogP contribution in [0.3, 0.4) is 0 Å². The number of hydrogen-bond donors (Lipinski definition) is 1. The van der Waals surface area contributed by atoms with E-state index in [0.29, 0.717) is 5.37 Å². The highest BCUT2D eigenvalue weighted by Crippen LogP contribution is 2.26. The van der Waals surface area contributed by atoms with Crippen LogP contribution in [0.2, 0.25) is 0 Å². The van der Waals surface area contributed by atoms with Gasteiger partial charge in [-0.25, -0.2) is 0 Å².